The average Bonchev–Trinajstić information content (AvgIpc) is 2.43. The molecule has 3 N–H and O–H groups in total. The first-order chi connectivity index (χ1) is 9.51. The first-order valence-electron chi connectivity index (χ1n) is 5.86. The molecule has 0 amide bonds. The lowest BCUT2D eigenvalue weighted by Gasteiger charge is -2.16. The summed E-state index contributed by atoms with van der Waals surface area (Å²) in [5.41, 5.74) is 3.34. The van der Waals surface area contributed by atoms with Crippen LogP contribution in [-0.4, -0.2) is 0 Å². The molecule has 0 bridgehead atoms. The molecule has 0 aliphatic carbocycles. The van der Waals surface area contributed by atoms with Crippen molar-refractivity contribution in [2.75, 3.05) is 0 Å². The summed E-state index contributed by atoms with van der Waals surface area (Å²) in [7, 11) is 0. The number of hydrogen-bond acceptors (Lipinski definition) is 2. The Kier molecular flexibility index (Phi) is 4.36. The summed E-state index contributed by atoms with van der Waals surface area (Å²) in [4.78, 5) is 0. The minimum absolute atomic E-state index is 0.207. The Morgan fingerprint density at radius 1 is 0.850 bits per heavy atom. The summed E-state index contributed by atoms with van der Waals surface area (Å²) in [6.45, 7) is 0. The maximum absolute atomic E-state index is 13.2. The molecule has 0 heterocycles. The highest BCUT2D eigenvalue weighted by Gasteiger charge is 2.14. The molecule has 2 aromatic carbocycles. The molecule has 0 aliphatic rings. The van der Waals surface area contributed by atoms with E-state index in [4.69, 9.17) is 5.84 Å². The highest BCUT2D eigenvalue weighted by Crippen LogP contribution is 2.21. The van der Waals surface area contributed by atoms with E-state index in [9.17, 15) is 17.6 Å². The number of nitrogens with two attached hydrogens (primary N) is 1. The third-order valence-corrected chi connectivity index (χ3v) is 2.97. The van der Waals surface area contributed by atoms with Crippen LogP contribution in [0.2, 0.25) is 0 Å². The second-order valence-corrected chi connectivity index (χ2v) is 4.35. The lowest BCUT2D eigenvalue weighted by Crippen LogP contribution is -2.29. The van der Waals surface area contributed by atoms with Gasteiger partial charge in [0.25, 0.3) is 0 Å². The smallest absolute Gasteiger partial charge is 0.159 e. The van der Waals surface area contributed by atoms with Gasteiger partial charge in [-0.25, -0.2) is 17.6 Å². The van der Waals surface area contributed by atoms with E-state index in [2.05, 4.69) is 5.43 Å². The largest absolute Gasteiger partial charge is 0.271 e. The minimum Gasteiger partial charge on any atom is -0.271 e. The lowest BCUT2D eigenvalue weighted by molar-refractivity contribution is 0.493. The van der Waals surface area contributed by atoms with Crippen LogP contribution in [0.1, 0.15) is 17.2 Å². The van der Waals surface area contributed by atoms with E-state index >= 15 is 0 Å². The van der Waals surface area contributed by atoms with Gasteiger partial charge in [0, 0.05) is 0 Å². The summed E-state index contributed by atoms with van der Waals surface area (Å²) < 4.78 is 52.0. The van der Waals surface area contributed by atoms with Crippen LogP contribution >= 0.6 is 0 Å². The van der Waals surface area contributed by atoms with Gasteiger partial charge in [-0.2, -0.15) is 0 Å². The van der Waals surface area contributed by atoms with Crippen LogP contribution in [0.25, 0.3) is 0 Å². The molecule has 0 saturated carbocycles. The molecule has 0 aromatic heterocycles. The van der Waals surface area contributed by atoms with Crippen molar-refractivity contribution in [2.45, 2.75) is 12.5 Å². The predicted octanol–water partition coefficient (Wildman–Crippen LogP) is 2.99. The number of halogens is 4. The standard InChI is InChI=1S/C14H12F4N2/c15-10-3-1-8(5-12(10)17)6-14(20-19)9-2-4-11(16)13(18)7-9/h1-5,7,14,20H,6,19H2. The van der Waals surface area contributed by atoms with Gasteiger partial charge in [0.1, 0.15) is 0 Å². The fraction of sp³-hybridized carbons (Fsp3) is 0.143. The molecule has 20 heavy (non-hydrogen) atoms. The maximum Gasteiger partial charge on any atom is 0.159 e. The number of rotatable bonds is 4. The molecule has 0 fully saturated rings. The molecule has 106 valence electrons. The monoisotopic (exact) mass is 284 g/mol. The summed E-state index contributed by atoms with van der Waals surface area (Å²) in [5.74, 6) is 1.51. The van der Waals surface area contributed by atoms with Gasteiger partial charge in [0.05, 0.1) is 6.04 Å². The number of benzene rings is 2. The topological polar surface area (TPSA) is 38.0 Å². The van der Waals surface area contributed by atoms with Crippen molar-refractivity contribution in [1.82, 2.24) is 5.43 Å². The number of hydrogen-bond donors (Lipinski definition) is 2. The van der Waals surface area contributed by atoms with E-state index in [-0.39, 0.29) is 6.42 Å². The molecule has 0 aliphatic heterocycles. The van der Waals surface area contributed by atoms with E-state index in [1.54, 1.807) is 0 Å². The molecule has 6 heteroatoms. The molecule has 1 unspecified atom stereocenters. The Morgan fingerprint density at radius 3 is 2.00 bits per heavy atom. The van der Waals surface area contributed by atoms with Gasteiger partial charge in [0.15, 0.2) is 23.3 Å². The Balaban J connectivity index is 2.23. The molecule has 0 spiro atoms. The summed E-state index contributed by atoms with van der Waals surface area (Å²) in [6.07, 6.45) is 0.207. The van der Waals surface area contributed by atoms with Crippen molar-refractivity contribution in [3.05, 3.63) is 70.8 Å². The van der Waals surface area contributed by atoms with Crippen LogP contribution in [0, 0.1) is 23.3 Å². The Bertz CT molecular complexity index is 616. The average molecular weight is 284 g/mol. The van der Waals surface area contributed by atoms with Crippen molar-refractivity contribution in [3.8, 4) is 0 Å². The minimum atomic E-state index is -0.993. The second-order valence-electron chi connectivity index (χ2n) is 4.35. The van der Waals surface area contributed by atoms with Gasteiger partial charge < -0.3 is 0 Å². The van der Waals surface area contributed by atoms with E-state index < -0.39 is 29.3 Å². The molecule has 1 atom stereocenters. The first-order valence-corrected chi connectivity index (χ1v) is 5.86. The summed E-state index contributed by atoms with van der Waals surface area (Å²) >= 11 is 0. The van der Waals surface area contributed by atoms with Gasteiger partial charge in [-0.3, -0.25) is 11.3 Å². The SMILES string of the molecule is NNC(Cc1ccc(F)c(F)c1)c1ccc(F)c(F)c1. The van der Waals surface area contributed by atoms with E-state index in [0.29, 0.717) is 11.1 Å². The van der Waals surface area contributed by atoms with Crippen LogP contribution < -0.4 is 11.3 Å². The molecular formula is C14H12F4N2. The lowest BCUT2D eigenvalue weighted by atomic mass is 9.99. The predicted molar refractivity (Wildman–Crippen MR) is 66.5 cm³/mol. The highest BCUT2D eigenvalue weighted by atomic mass is 19.2. The van der Waals surface area contributed by atoms with Crippen molar-refractivity contribution in [1.29, 1.82) is 0 Å². The highest BCUT2D eigenvalue weighted by molar-refractivity contribution is 5.25. The molecule has 2 nitrogen and oxygen atoms in total. The normalized spacial score (nSPS) is 12.4. The van der Waals surface area contributed by atoms with E-state index in [1.165, 1.54) is 12.1 Å². The summed E-state index contributed by atoms with van der Waals surface area (Å²) in [5, 5.41) is 0. The number of hydrazine groups is 1. The van der Waals surface area contributed by atoms with Crippen molar-refractivity contribution >= 4 is 0 Å². The van der Waals surface area contributed by atoms with E-state index in [0.717, 1.165) is 24.3 Å². The first kappa shape index (κ1) is 14.5. The Hall–Kier alpha value is -1.92. The molecule has 0 radical (unpaired) electrons. The third kappa shape index (κ3) is 3.15. The van der Waals surface area contributed by atoms with E-state index in [1.807, 2.05) is 0 Å². The fourth-order valence-corrected chi connectivity index (χ4v) is 1.90. The van der Waals surface area contributed by atoms with Crippen LogP contribution in [0.3, 0.4) is 0 Å². The zero-order valence-corrected chi connectivity index (χ0v) is 10.3. The van der Waals surface area contributed by atoms with Gasteiger partial charge >= 0.3 is 0 Å². The van der Waals surface area contributed by atoms with Crippen LogP contribution in [0.5, 0.6) is 0 Å². The fourth-order valence-electron chi connectivity index (χ4n) is 1.90. The number of nitrogens with one attached hydrogen (secondary N) is 1. The van der Waals surface area contributed by atoms with Gasteiger partial charge in [-0.1, -0.05) is 12.1 Å². The third-order valence-electron chi connectivity index (χ3n) is 2.97. The van der Waals surface area contributed by atoms with Gasteiger partial charge in [-0.05, 0) is 41.8 Å². The summed E-state index contributed by atoms with van der Waals surface area (Å²) in [6, 6.07) is 6.28. The van der Waals surface area contributed by atoms with Gasteiger partial charge in [-0.15, -0.1) is 0 Å². The zero-order valence-electron chi connectivity index (χ0n) is 10.3. The molecule has 2 rings (SSSR count). The zero-order chi connectivity index (χ0) is 14.7. The van der Waals surface area contributed by atoms with Crippen LogP contribution in [0.15, 0.2) is 36.4 Å². The second kappa shape index (κ2) is 6.02. The van der Waals surface area contributed by atoms with Crippen LogP contribution in [0.4, 0.5) is 17.6 Å². The Morgan fingerprint density at radius 2 is 1.45 bits per heavy atom. The van der Waals surface area contributed by atoms with Crippen molar-refractivity contribution < 1.29 is 17.6 Å². The van der Waals surface area contributed by atoms with Crippen LogP contribution in [-0.2, 0) is 6.42 Å². The quantitative estimate of drug-likeness (QED) is 0.514. The van der Waals surface area contributed by atoms with Gasteiger partial charge in [0.2, 0.25) is 0 Å². The van der Waals surface area contributed by atoms with Crippen molar-refractivity contribution in [3.63, 3.8) is 0 Å². The molecular weight excluding hydrogens is 272 g/mol. The Labute approximate surface area is 113 Å². The maximum atomic E-state index is 13.2. The van der Waals surface area contributed by atoms with Crippen molar-refractivity contribution in [2.24, 2.45) is 5.84 Å². The molecule has 0 saturated heterocycles. The molecule has 2 aromatic rings.